The summed E-state index contributed by atoms with van der Waals surface area (Å²) in [6, 6.07) is 16.6. The largest absolute Gasteiger partial charge is 0.456 e. The van der Waals surface area contributed by atoms with Gasteiger partial charge in [-0.25, -0.2) is 4.98 Å². The van der Waals surface area contributed by atoms with E-state index in [1.165, 1.54) is 16.2 Å². The lowest BCUT2D eigenvalue weighted by Crippen LogP contribution is -2.37. The fourth-order valence-corrected chi connectivity index (χ4v) is 3.72. The lowest BCUT2D eigenvalue weighted by molar-refractivity contribution is -0.147. The number of fused-ring (bicyclic) bond motifs is 1. The predicted molar refractivity (Wildman–Crippen MR) is 112 cm³/mol. The van der Waals surface area contributed by atoms with Crippen LogP contribution in [0.3, 0.4) is 0 Å². The number of carbonyl (C=O) groups excluding carboxylic acids is 3. The number of para-hydroxylation sites is 2. The zero-order valence-electron chi connectivity index (χ0n) is 15.7. The van der Waals surface area contributed by atoms with Gasteiger partial charge in [0, 0.05) is 25.1 Å². The Morgan fingerprint density at radius 2 is 1.72 bits per heavy atom. The molecule has 3 aromatic rings. The molecule has 3 rings (SSSR count). The number of benzene rings is 2. The van der Waals surface area contributed by atoms with Crippen LogP contribution in [0.25, 0.3) is 10.2 Å². The Labute approximate surface area is 172 Å². The van der Waals surface area contributed by atoms with Crippen molar-refractivity contribution in [1.29, 1.82) is 0 Å². The SMILES string of the molecule is NC(=O)CCN(C(=O)COC(=O)CCc1nc2ccccc2s1)c1ccccc1. The van der Waals surface area contributed by atoms with Gasteiger partial charge in [0.25, 0.3) is 5.91 Å². The fraction of sp³-hybridized carbons (Fsp3) is 0.238. The molecule has 2 N–H and O–H groups in total. The quantitative estimate of drug-likeness (QED) is 0.546. The van der Waals surface area contributed by atoms with E-state index >= 15 is 0 Å². The highest BCUT2D eigenvalue weighted by Crippen LogP contribution is 2.22. The van der Waals surface area contributed by atoms with E-state index in [1.807, 2.05) is 30.3 Å². The molecule has 0 radical (unpaired) electrons. The van der Waals surface area contributed by atoms with Gasteiger partial charge in [-0.05, 0) is 24.3 Å². The zero-order chi connectivity index (χ0) is 20.6. The standard InChI is InChI=1S/C21H21N3O4S/c22-18(25)12-13-24(15-6-2-1-3-7-15)20(26)14-28-21(27)11-10-19-23-16-8-4-5-9-17(16)29-19/h1-9H,10-14H2,(H2,22,25). The van der Waals surface area contributed by atoms with Gasteiger partial charge in [0.15, 0.2) is 6.61 Å². The van der Waals surface area contributed by atoms with Crippen molar-refractivity contribution in [2.75, 3.05) is 18.1 Å². The molecule has 0 aliphatic rings. The number of ether oxygens (including phenoxy) is 1. The Balaban J connectivity index is 1.52. The van der Waals surface area contributed by atoms with Crippen LogP contribution < -0.4 is 10.6 Å². The van der Waals surface area contributed by atoms with Gasteiger partial charge in [0.05, 0.1) is 21.6 Å². The smallest absolute Gasteiger partial charge is 0.306 e. The molecule has 1 aromatic heterocycles. The molecule has 0 atom stereocenters. The molecular weight excluding hydrogens is 390 g/mol. The molecule has 0 spiro atoms. The molecule has 8 heteroatoms. The zero-order valence-corrected chi connectivity index (χ0v) is 16.6. The van der Waals surface area contributed by atoms with Crippen LogP contribution in [0.15, 0.2) is 54.6 Å². The van der Waals surface area contributed by atoms with E-state index in [2.05, 4.69) is 4.98 Å². The van der Waals surface area contributed by atoms with Gasteiger partial charge in [-0.15, -0.1) is 11.3 Å². The molecule has 0 fully saturated rings. The fourth-order valence-electron chi connectivity index (χ4n) is 2.76. The van der Waals surface area contributed by atoms with E-state index in [0.717, 1.165) is 15.2 Å². The first-order valence-electron chi connectivity index (χ1n) is 9.16. The van der Waals surface area contributed by atoms with Crippen molar-refractivity contribution < 1.29 is 19.1 Å². The molecule has 1 heterocycles. The number of primary amides is 1. The normalized spacial score (nSPS) is 10.6. The number of rotatable bonds is 9. The van der Waals surface area contributed by atoms with E-state index in [1.54, 1.807) is 24.3 Å². The number of hydrogen-bond donors (Lipinski definition) is 1. The van der Waals surface area contributed by atoms with Gasteiger partial charge in [0.2, 0.25) is 5.91 Å². The predicted octanol–water partition coefficient (Wildman–Crippen LogP) is 2.68. The van der Waals surface area contributed by atoms with Crippen molar-refractivity contribution in [2.24, 2.45) is 5.73 Å². The summed E-state index contributed by atoms with van der Waals surface area (Å²) >= 11 is 1.54. The Bertz CT molecular complexity index is 970. The van der Waals surface area contributed by atoms with Gasteiger partial charge in [-0.3, -0.25) is 14.4 Å². The van der Waals surface area contributed by atoms with Crippen LogP contribution in [-0.4, -0.2) is 35.9 Å². The van der Waals surface area contributed by atoms with Crippen molar-refractivity contribution in [1.82, 2.24) is 4.98 Å². The second-order valence-electron chi connectivity index (χ2n) is 6.33. The molecular formula is C21H21N3O4S. The molecule has 29 heavy (non-hydrogen) atoms. The first-order chi connectivity index (χ1) is 14.0. The van der Waals surface area contributed by atoms with Crippen LogP contribution in [0.5, 0.6) is 0 Å². The summed E-state index contributed by atoms with van der Waals surface area (Å²) in [5, 5.41) is 0.849. The number of aromatic nitrogens is 1. The third-order valence-corrected chi connectivity index (χ3v) is 5.28. The number of thiazole rings is 1. The van der Waals surface area contributed by atoms with Crippen molar-refractivity contribution in [3.8, 4) is 0 Å². The molecule has 0 saturated heterocycles. The second kappa shape index (κ2) is 9.79. The molecule has 2 aromatic carbocycles. The summed E-state index contributed by atoms with van der Waals surface area (Å²) in [4.78, 5) is 41.6. The van der Waals surface area contributed by atoms with E-state index in [9.17, 15) is 14.4 Å². The summed E-state index contributed by atoms with van der Waals surface area (Å²) in [7, 11) is 0. The van der Waals surface area contributed by atoms with Gasteiger partial charge < -0.3 is 15.4 Å². The van der Waals surface area contributed by atoms with Crippen molar-refractivity contribution in [3.05, 3.63) is 59.6 Å². The van der Waals surface area contributed by atoms with Gasteiger partial charge in [0.1, 0.15) is 0 Å². The molecule has 0 saturated carbocycles. The minimum absolute atomic E-state index is 0.0200. The third-order valence-electron chi connectivity index (χ3n) is 4.19. The second-order valence-corrected chi connectivity index (χ2v) is 7.45. The number of anilines is 1. The average Bonchev–Trinajstić information content (AvgIpc) is 3.14. The third kappa shape index (κ3) is 5.86. The first-order valence-corrected chi connectivity index (χ1v) is 9.98. The maximum atomic E-state index is 12.5. The minimum atomic E-state index is -0.508. The van der Waals surface area contributed by atoms with Crippen molar-refractivity contribution >= 4 is 45.0 Å². The lowest BCUT2D eigenvalue weighted by Gasteiger charge is -2.22. The number of aryl methyl sites for hydroxylation is 1. The molecule has 0 aliphatic carbocycles. The van der Waals surface area contributed by atoms with Crippen molar-refractivity contribution in [2.45, 2.75) is 19.3 Å². The number of esters is 1. The minimum Gasteiger partial charge on any atom is -0.456 e. The molecule has 0 unspecified atom stereocenters. The summed E-state index contributed by atoms with van der Waals surface area (Å²) in [5.74, 6) is -1.39. The van der Waals surface area contributed by atoms with E-state index in [0.29, 0.717) is 12.1 Å². The number of amides is 2. The van der Waals surface area contributed by atoms with Crippen LogP contribution in [0.4, 0.5) is 5.69 Å². The van der Waals surface area contributed by atoms with E-state index in [-0.39, 0.29) is 19.4 Å². The van der Waals surface area contributed by atoms with E-state index in [4.69, 9.17) is 10.5 Å². The molecule has 2 amide bonds. The maximum Gasteiger partial charge on any atom is 0.306 e. The van der Waals surface area contributed by atoms with E-state index < -0.39 is 24.4 Å². The average molecular weight is 411 g/mol. The summed E-state index contributed by atoms with van der Waals surface area (Å²) in [5.41, 5.74) is 6.72. The summed E-state index contributed by atoms with van der Waals surface area (Å²) in [6.07, 6.45) is 0.613. The van der Waals surface area contributed by atoms with Gasteiger partial charge in [-0.2, -0.15) is 0 Å². The van der Waals surface area contributed by atoms with Crippen LogP contribution in [0.2, 0.25) is 0 Å². The highest BCUT2D eigenvalue weighted by molar-refractivity contribution is 7.18. The number of hydrogen-bond acceptors (Lipinski definition) is 6. The van der Waals surface area contributed by atoms with Crippen LogP contribution >= 0.6 is 11.3 Å². The van der Waals surface area contributed by atoms with Crippen LogP contribution in [0, 0.1) is 0 Å². The number of carbonyl (C=O) groups is 3. The Kier molecular flexibility index (Phi) is 6.91. The Morgan fingerprint density at radius 1 is 1.00 bits per heavy atom. The highest BCUT2D eigenvalue weighted by atomic mass is 32.1. The van der Waals surface area contributed by atoms with Crippen LogP contribution in [0.1, 0.15) is 17.8 Å². The van der Waals surface area contributed by atoms with Gasteiger partial charge in [-0.1, -0.05) is 30.3 Å². The number of nitrogens with two attached hydrogens (primary N) is 1. The maximum absolute atomic E-state index is 12.5. The topological polar surface area (TPSA) is 103 Å². The van der Waals surface area contributed by atoms with Gasteiger partial charge >= 0.3 is 5.97 Å². The summed E-state index contributed by atoms with van der Waals surface area (Å²) < 4.78 is 6.21. The number of nitrogens with zero attached hydrogens (tertiary/aromatic N) is 2. The molecule has 0 aliphatic heterocycles. The summed E-state index contributed by atoms with van der Waals surface area (Å²) in [6.45, 7) is -0.270. The molecule has 0 bridgehead atoms. The highest BCUT2D eigenvalue weighted by Gasteiger charge is 2.18. The Hall–Kier alpha value is -3.26. The first kappa shape index (κ1) is 20.5. The molecule has 150 valence electrons. The lowest BCUT2D eigenvalue weighted by atomic mass is 10.2. The van der Waals surface area contributed by atoms with Crippen molar-refractivity contribution in [3.63, 3.8) is 0 Å². The molecule has 7 nitrogen and oxygen atoms in total. The monoisotopic (exact) mass is 411 g/mol. The van der Waals surface area contributed by atoms with Crippen LogP contribution in [-0.2, 0) is 25.5 Å². The Morgan fingerprint density at radius 3 is 2.45 bits per heavy atom.